The van der Waals surface area contributed by atoms with Gasteiger partial charge in [0.05, 0.1) is 18.3 Å². The molecule has 2 aromatic rings. The molecule has 1 heterocycles. The minimum Gasteiger partial charge on any atom is -0.477 e. The van der Waals surface area contributed by atoms with E-state index >= 15 is 0 Å². The standard InChI is InChI=1S/C18H16Cl2F2N2O2/c1-10-12-7-6-11(18(21,22)17(25)26)8-16(12)24(23(10)2)9-13-14(19)4-3-5-15(13)20/h3-8,10H,9H2,1-2H3,(H,25,26). The maximum atomic E-state index is 13.9. The van der Waals surface area contributed by atoms with Gasteiger partial charge in [0.1, 0.15) is 0 Å². The smallest absolute Gasteiger partial charge is 0.379 e. The number of hydrogen-bond acceptors (Lipinski definition) is 3. The van der Waals surface area contributed by atoms with E-state index in [1.54, 1.807) is 23.2 Å². The molecule has 0 spiro atoms. The third kappa shape index (κ3) is 3.02. The molecule has 0 aliphatic carbocycles. The summed E-state index contributed by atoms with van der Waals surface area (Å²) in [5.74, 6) is -6.15. The van der Waals surface area contributed by atoms with Crippen LogP contribution in [0.5, 0.6) is 0 Å². The van der Waals surface area contributed by atoms with Gasteiger partial charge in [-0.25, -0.2) is 9.80 Å². The van der Waals surface area contributed by atoms with Crippen LogP contribution in [0.15, 0.2) is 36.4 Å². The minimum atomic E-state index is -3.97. The van der Waals surface area contributed by atoms with Gasteiger partial charge in [0, 0.05) is 28.2 Å². The van der Waals surface area contributed by atoms with Crippen molar-refractivity contribution in [2.45, 2.75) is 25.4 Å². The number of halogens is 4. The number of carboxylic acids is 1. The van der Waals surface area contributed by atoms with Crippen molar-refractivity contribution >= 4 is 34.9 Å². The van der Waals surface area contributed by atoms with Crippen molar-refractivity contribution in [1.29, 1.82) is 0 Å². The molecule has 0 saturated carbocycles. The van der Waals surface area contributed by atoms with Gasteiger partial charge < -0.3 is 10.1 Å². The lowest BCUT2D eigenvalue weighted by Gasteiger charge is -2.30. The molecule has 1 aliphatic heterocycles. The zero-order chi connectivity index (χ0) is 19.2. The Labute approximate surface area is 159 Å². The molecular weight excluding hydrogens is 385 g/mol. The number of carboxylic acid groups (broad SMARTS) is 1. The van der Waals surface area contributed by atoms with Crippen molar-refractivity contribution < 1.29 is 18.7 Å². The van der Waals surface area contributed by atoms with Crippen molar-refractivity contribution in [3.63, 3.8) is 0 Å². The van der Waals surface area contributed by atoms with E-state index < -0.39 is 17.5 Å². The highest BCUT2D eigenvalue weighted by Gasteiger charge is 2.43. The molecule has 0 amide bonds. The van der Waals surface area contributed by atoms with Crippen molar-refractivity contribution in [2.24, 2.45) is 0 Å². The summed E-state index contributed by atoms with van der Waals surface area (Å²) in [7, 11) is 1.82. The number of anilines is 1. The average molecular weight is 401 g/mol. The fraction of sp³-hybridized carbons (Fsp3) is 0.278. The second kappa shape index (κ2) is 6.68. The van der Waals surface area contributed by atoms with E-state index in [0.717, 1.165) is 11.6 Å². The van der Waals surface area contributed by atoms with E-state index in [4.69, 9.17) is 28.3 Å². The highest BCUT2D eigenvalue weighted by Crippen LogP contribution is 2.43. The molecule has 0 aromatic heterocycles. The number of benzene rings is 2. The molecule has 0 saturated heterocycles. The number of alkyl halides is 2. The van der Waals surface area contributed by atoms with E-state index in [-0.39, 0.29) is 12.6 Å². The third-order valence-corrected chi connectivity index (χ3v) is 5.41. The maximum Gasteiger partial charge on any atom is 0.379 e. The molecule has 1 atom stereocenters. The molecule has 1 aliphatic rings. The van der Waals surface area contributed by atoms with E-state index in [1.165, 1.54) is 12.1 Å². The number of rotatable bonds is 4. The monoisotopic (exact) mass is 400 g/mol. The lowest BCUT2D eigenvalue weighted by atomic mass is 10.0. The van der Waals surface area contributed by atoms with Crippen LogP contribution in [0.25, 0.3) is 0 Å². The van der Waals surface area contributed by atoms with Gasteiger partial charge in [-0.05, 0) is 30.7 Å². The van der Waals surface area contributed by atoms with Crippen molar-refractivity contribution in [3.8, 4) is 0 Å². The molecule has 4 nitrogen and oxygen atoms in total. The molecule has 138 valence electrons. The molecular formula is C18H16Cl2F2N2O2. The molecule has 0 fully saturated rings. The second-order valence-electron chi connectivity index (χ2n) is 6.16. The Bertz CT molecular complexity index is 856. The molecule has 0 bridgehead atoms. The number of hydrazine groups is 1. The summed E-state index contributed by atoms with van der Waals surface area (Å²) in [6.45, 7) is 2.20. The Kier molecular flexibility index (Phi) is 4.86. The summed E-state index contributed by atoms with van der Waals surface area (Å²) < 4.78 is 27.9. The van der Waals surface area contributed by atoms with Gasteiger partial charge in [0.25, 0.3) is 0 Å². The minimum absolute atomic E-state index is 0.0706. The van der Waals surface area contributed by atoms with Crippen LogP contribution in [0.2, 0.25) is 10.0 Å². The first-order chi connectivity index (χ1) is 12.1. The van der Waals surface area contributed by atoms with Crippen molar-refractivity contribution in [1.82, 2.24) is 5.01 Å². The SMILES string of the molecule is CC1c2ccc(C(F)(F)C(=O)O)cc2N(Cc2c(Cl)cccc2Cl)N1C. The zero-order valence-electron chi connectivity index (χ0n) is 14.0. The Balaban J connectivity index is 2.06. The van der Waals surface area contributed by atoms with Crippen LogP contribution < -0.4 is 5.01 Å². The summed E-state index contributed by atoms with van der Waals surface area (Å²) in [5, 5.41) is 13.4. The van der Waals surface area contributed by atoms with Gasteiger partial charge in [-0.15, -0.1) is 0 Å². The molecule has 1 N–H and O–H groups in total. The molecule has 2 aromatic carbocycles. The van der Waals surface area contributed by atoms with Crippen LogP contribution in [0.1, 0.15) is 29.7 Å². The molecule has 1 unspecified atom stereocenters. The summed E-state index contributed by atoms with van der Waals surface area (Å²) in [6.07, 6.45) is 0. The zero-order valence-corrected chi connectivity index (χ0v) is 15.5. The number of nitrogens with zero attached hydrogens (tertiary/aromatic N) is 2. The Morgan fingerprint density at radius 1 is 1.23 bits per heavy atom. The van der Waals surface area contributed by atoms with E-state index in [2.05, 4.69) is 0 Å². The maximum absolute atomic E-state index is 13.9. The van der Waals surface area contributed by atoms with Gasteiger partial charge in [-0.1, -0.05) is 41.4 Å². The highest BCUT2D eigenvalue weighted by molar-refractivity contribution is 6.36. The van der Waals surface area contributed by atoms with Gasteiger partial charge in [-0.3, -0.25) is 0 Å². The lowest BCUT2D eigenvalue weighted by molar-refractivity contribution is -0.166. The molecule has 3 rings (SSSR count). The Morgan fingerprint density at radius 3 is 2.42 bits per heavy atom. The van der Waals surface area contributed by atoms with E-state index in [9.17, 15) is 13.6 Å². The summed E-state index contributed by atoms with van der Waals surface area (Å²) in [6, 6.07) is 8.98. The van der Waals surface area contributed by atoms with Gasteiger partial charge >= 0.3 is 11.9 Å². The van der Waals surface area contributed by atoms with Crippen LogP contribution in [0.3, 0.4) is 0 Å². The first-order valence-electron chi connectivity index (χ1n) is 7.83. The summed E-state index contributed by atoms with van der Waals surface area (Å²) >= 11 is 12.5. The molecule has 0 radical (unpaired) electrons. The van der Waals surface area contributed by atoms with Gasteiger partial charge in [0.2, 0.25) is 0 Å². The normalized spacial score (nSPS) is 17.5. The fourth-order valence-electron chi connectivity index (χ4n) is 3.05. The number of fused-ring (bicyclic) bond motifs is 1. The van der Waals surface area contributed by atoms with E-state index in [0.29, 0.717) is 21.3 Å². The molecule has 8 heteroatoms. The lowest BCUT2D eigenvalue weighted by Crippen LogP contribution is -2.35. The van der Waals surface area contributed by atoms with Crippen LogP contribution in [-0.4, -0.2) is 23.1 Å². The summed E-state index contributed by atoms with van der Waals surface area (Å²) in [5.41, 5.74) is 1.43. The quantitative estimate of drug-likeness (QED) is 0.775. The van der Waals surface area contributed by atoms with Gasteiger partial charge in [0.15, 0.2) is 0 Å². The van der Waals surface area contributed by atoms with E-state index in [1.807, 2.05) is 19.0 Å². The van der Waals surface area contributed by atoms with Crippen LogP contribution in [0.4, 0.5) is 14.5 Å². The highest BCUT2D eigenvalue weighted by atomic mass is 35.5. The average Bonchev–Trinajstić information content (AvgIpc) is 2.82. The van der Waals surface area contributed by atoms with Crippen molar-refractivity contribution in [2.75, 3.05) is 12.1 Å². The van der Waals surface area contributed by atoms with Crippen LogP contribution in [0, 0.1) is 0 Å². The third-order valence-electron chi connectivity index (χ3n) is 4.70. The first kappa shape index (κ1) is 18.9. The fourth-order valence-corrected chi connectivity index (χ4v) is 3.57. The van der Waals surface area contributed by atoms with Crippen molar-refractivity contribution in [3.05, 3.63) is 63.1 Å². The molecule has 26 heavy (non-hydrogen) atoms. The predicted octanol–water partition coefficient (Wildman–Crippen LogP) is 5.10. The van der Waals surface area contributed by atoms with Crippen LogP contribution in [-0.2, 0) is 17.3 Å². The second-order valence-corrected chi connectivity index (χ2v) is 6.98. The largest absolute Gasteiger partial charge is 0.477 e. The number of hydrogen-bond donors (Lipinski definition) is 1. The Hall–Kier alpha value is -1.89. The topological polar surface area (TPSA) is 43.8 Å². The summed E-state index contributed by atoms with van der Waals surface area (Å²) in [4.78, 5) is 10.9. The Morgan fingerprint density at radius 2 is 1.85 bits per heavy atom. The first-order valence-corrected chi connectivity index (χ1v) is 8.59. The van der Waals surface area contributed by atoms with Gasteiger partial charge in [-0.2, -0.15) is 8.78 Å². The number of carbonyl (C=O) groups is 1. The predicted molar refractivity (Wildman–Crippen MR) is 96.8 cm³/mol. The van der Waals surface area contributed by atoms with Crippen LogP contribution >= 0.6 is 23.2 Å². The number of aliphatic carboxylic acids is 1.